The van der Waals surface area contributed by atoms with Gasteiger partial charge in [0.1, 0.15) is 12.4 Å². The van der Waals surface area contributed by atoms with Gasteiger partial charge in [-0.25, -0.2) is 8.78 Å². The average Bonchev–Trinajstić information content (AvgIpc) is 3.12. The number of ketones is 1. The number of ether oxygens (including phenoxy) is 2. The van der Waals surface area contributed by atoms with Crippen molar-refractivity contribution in [1.29, 1.82) is 0 Å². The van der Waals surface area contributed by atoms with E-state index in [1.165, 1.54) is 0 Å². The fraction of sp³-hybridized carbons (Fsp3) is 0.704. The molecule has 0 bridgehead atoms. The van der Waals surface area contributed by atoms with Crippen molar-refractivity contribution >= 4 is 11.8 Å². The van der Waals surface area contributed by atoms with Crippen molar-refractivity contribution in [3.63, 3.8) is 0 Å². The summed E-state index contributed by atoms with van der Waals surface area (Å²) in [5.41, 5.74) is 0.963. The molecule has 1 aliphatic carbocycles. The first-order chi connectivity index (χ1) is 16.3. The second kappa shape index (κ2) is 12.2. The molecule has 1 aromatic carbocycles. The third-order valence-corrected chi connectivity index (χ3v) is 7.28. The van der Waals surface area contributed by atoms with Gasteiger partial charge in [-0.3, -0.25) is 9.59 Å². The molecule has 0 spiro atoms. The molecule has 1 saturated heterocycles. The summed E-state index contributed by atoms with van der Waals surface area (Å²) in [4.78, 5) is 24.4. The number of unbranched alkanes of at least 4 members (excludes halogenated alkanes) is 4. The van der Waals surface area contributed by atoms with E-state index in [0.29, 0.717) is 32.1 Å². The van der Waals surface area contributed by atoms with Gasteiger partial charge in [-0.05, 0) is 37.2 Å². The van der Waals surface area contributed by atoms with Crippen molar-refractivity contribution in [3.05, 3.63) is 35.9 Å². The maximum atomic E-state index is 14.6. The summed E-state index contributed by atoms with van der Waals surface area (Å²) >= 11 is 0. The van der Waals surface area contributed by atoms with Crippen molar-refractivity contribution in [3.8, 4) is 0 Å². The number of fused-ring (bicyclic) bond motifs is 1. The molecule has 7 heteroatoms. The van der Waals surface area contributed by atoms with Crippen LogP contribution in [0.4, 0.5) is 8.78 Å². The molecule has 3 rings (SSSR count). The molecular formula is C27H38F2O5. The van der Waals surface area contributed by atoms with Gasteiger partial charge in [0.25, 0.3) is 0 Å². The predicted octanol–water partition coefficient (Wildman–Crippen LogP) is 5.97. The fourth-order valence-electron chi connectivity index (χ4n) is 5.22. The number of carbonyl (C=O) groups excluding carboxylic acids is 2. The van der Waals surface area contributed by atoms with Gasteiger partial charge in [-0.2, -0.15) is 0 Å². The van der Waals surface area contributed by atoms with Gasteiger partial charge in [-0.15, -0.1) is 0 Å². The minimum absolute atomic E-state index is 0.0561. The van der Waals surface area contributed by atoms with Crippen LogP contribution in [0.5, 0.6) is 0 Å². The molecule has 4 atom stereocenters. The Morgan fingerprint density at radius 2 is 1.91 bits per heavy atom. The number of Topliss-reactive ketones (excluding diaryl/α,β-unsaturated/α-hetero) is 1. The molecule has 1 saturated carbocycles. The number of alkyl halides is 2. The Balaban J connectivity index is 1.34. The number of rotatable bonds is 13. The minimum atomic E-state index is -3.31. The van der Waals surface area contributed by atoms with E-state index in [2.05, 4.69) is 0 Å². The molecule has 1 aliphatic heterocycles. The van der Waals surface area contributed by atoms with Crippen LogP contribution in [0.25, 0.3) is 0 Å². The van der Waals surface area contributed by atoms with Crippen molar-refractivity contribution < 1.29 is 33.0 Å². The quantitative estimate of drug-likeness (QED) is 0.278. The van der Waals surface area contributed by atoms with Crippen LogP contribution < -0.4 is 0 Å². The zero-order valence-corrected chi connectivity index (χ0v) is 20.1. The molecule has 34 heavy (non-hydrogen) atoms. The van der Waals surface area contributed by atoms with Crippen LogP contribution in [-0.2, 0) is 25.7 Å². The first-order valence-electron chi connectivity index (χ1n) is 12.8. The van der Waals surface area contributed by atoms with Gasteiger partial charge in [-0.1, -0.05) is 62.9 Å². The van der Waals surface area contributed by atoms with Crippen LogP contribution in [-0.4, -0.2) is 34.7 Å². The maximum absolute atomic E-state index is 14.6. The van der Waals surface area contributed by atoms with Crippen molar-refractivity contribution in [1.82, 2.24) is 0 Å². The van der Waals surface area contributed by atoms with Crippen molar-refractivity contribution in [2.45, 2.75) is 108 Å². The second-order valence-electron chi connectivity index (χ2n) is 9.83. The number of halogens is 2. The lowest BCUT2D eigenvalue weighted by atomic mass is 9.81. The van der Waals surface area contributed by atoms with Crippen LogP contribution in [0.2, 0.25) is 0 Å². The maximum Gasteiger partial charge on any atom is 0.306 e. The predicted molar refractivity (Wildman–Crippen MR) is 124 cm³/mol. The molecule has 1 aromatic rings. The molecular weight excluding hydrogens is 442 g/mol. The zero-order chi connectivity index (χ0) is 24.6. The van der Waals surface area contributed by atoms with Gasteiger partial charge in [0, 0.05) is 31.6 Å². The summed E-state index contributed by atoms with van der Waals surface area (Å²) in [6, 6.07) is 9.56. The highest BCUT2D eigenvalue weighted by molar-refractivity contribution is 5.84. The van der Waals surface area contributed by atoms with E-state index in [1.807, 2.05) is 37.3 Å². The SMILES string of the molecule is CCCCC(F)(F)[C@@]1(O)CC[C@@H]2C(CCCCCCC(=O)OCc3ccccc3)C(=O)C[C@H]2O1. The Morgan fingerprint density at radius 1 is 1.18 bits per heavy atom. The van der Waals surface area contributed by atoms with Crippen molar-refractivity contribution in [2.75, 3.05) is 0 Å². The molecule has 190 valence electrons. The number of esters is 1. The van der Waals surface area contributed by atoms with E-state index >= 15 is 0 Å². The number of carbonyl (C=O) groups is 2. The summed E-state index contributed by atoms with van der Waals surface area (Å²) in [6.07, 6.45) is 4.68. The Kier molecular flexibility index (Phi) is 9.60. The first-order valence-corrected chi connectivity index (χ1v) is 12.8. The van der Waals surface area contributed by atoms with Gasteiger partial charge in [0.2, 0.25) is 5.79 Å². The Hall–Kier alpha value is -1.86. The summed E-state index contributed by atoms with van der Waals surface area (Å²) in [5.74, 6) is -6.21. The Bertz CT molecular complexity index is 799. The van der Waals surface area contributed by atoms with E-state index in [0.717, 1.165) is 31.2 Å². The highest BCUT2D eigenvalue weighted by Crippen LogP contribution is 2.49. The third-order valence-electron chi connectivity index (χ3n) is 7.28. The lowest BCUT2D eigenvalue weighted by Gasteiger charge is -2.43. The normalized spacial score (nSPS) is 26.9. The lowest BCUT2D eigenvalue weighted by molar-refractivity contribution is -0.356. The number of hydrogen-bond donors (Lipinski definition) is 1. The lowest BCUT2D eigenvalue weighted by Crippen LogP contribution is -2.55. The summed E-state index contributed by atoms with van der Waals surface area (Å²) < 4.78 is 39.9. The topological polar surface area (TPSA) is 72.8 Å². The molecule has 0 radical (unpaired) electrons. The molecule has 2 fully saturated rings. The van der Waals surface area contributed by atoms with Crippen LogP contribution in [0.1, 0.15) is 89.5 Å². The van der Waals surface area contributed by atoms with E-state index in [1.54, 1.807) is 0 Å². The smallest absolute Gasteiger partial charge is 0.306 e. The van der Waals surface area contributed by atoms with E-state index in [-0.39, 0.29) is 43.0 Å². The molecule has 2 aliphatic rings. The highest BCUT2D eigenvalue weighted by Gasteiger charge is 2.59. The van der Waals surface area contributed by atoms with E-state index in [4.69, 9.17) is 9.47 Å². The highest BCUT2D eigenvalue weighted by atomic mass is 19.3. The molecule has 0 aromatic heterocycles. The fourth-order valence-corrected chi connectivity index (χ4v) is 5.22. The van der Waals surface area contributed by atoms with Gasteiger partial charge >= 0.3 is 11.9 Å². The van der Waals surface area contributed by atoms with Crippen LogP contribution in [0.3, 0.4) is 0 Å². The summed E-state index contributed by atoms with van der Waals surface area (Å²) in [7, 11) is 0. The number of benzene rings is 1. The van der Waals surface area contributed by atoms with Crippen LogP contribution in [0, 0.1) is 11.8 Å². The Morgan fingerprint density at radius 3 is 2.65 bits per heavy atom. The van der Waals surface area contributed by atoms with Crippen LogP contribution >= 0.6 is 0 Å². The second-order valence-corrected chi connectivity index (χ2v) is 9.83. The van der Waals surface area contributed by atoms with E-state index in [9.17, 15) is 23.5 Å². The molecule has 1 unspecified atom stereocenters. The molecule has 1 heterocycles. The molecule has 1 N–H and O–H groups in total. The number of aliphatic hydroxyl groups is 1. The average molecular weight is 481 g/mol. The molecule has 0 amide bonds. The zero-order valence-electron chi connectivity index (χ0n) is 20.1. The monoisotopic (exact) mass is 480 g/mol. The Labute approximate surface area is 201 Å². The summed E-state index contributed by atoms with van der Waals surface area (Å²) in [6.45, 7) is 2.11. The van der Waals surface area contributed by atoms with Gasteiger partial charge in [0.05, 0.1) is 6.10 Å². The standard InChI is InChI=1S/C27H38F2O5/c1-2-3-16-26(28,29)27(32)17-15-22-21(23(30)18-24(22)34-27)13-9-4-5-10-14-25(31)33-19-20-11-7-6-8-12-20/h6-8,11-12,21-22,24,32H,2-5,9-10,13-19H2,1H3/t21?,22-,24-,27-/m1/s1. The third kappa shape index (κ3) is 6.85. The van der Waals surface area contributed by atoms with Gasteiger partial charge < -0.3 is 14.6 Å². The number of hydrogen-bond acceptors (Lipinski definition) is 5. The minimum Gasteiger partial charge on any atom is -0.461 e. The largest absolute Gasteiger partial charge is 0.461 e. The van der Waals surface area contributed by atoms with Crippen molar-refractivity contribution in [2.24, 2.45) is 11.8 Å². The first kappa shape index (κ1) is 26.7. The van der Waals surface area contributed by atoms with E-state index < -0.39 is 24.2 Å². The van der Waals surface area contributed by atoms with Gasteiger partial charge in [0.15, 0.2) is 0 Å². The van der Waals surface area contributed by atoms with Crippen LogP contribution in [0.15, 0.2) is 30.3 Å². The summed E-state index contributed by atoms with van der Waals surface area (Å²) in [5, 5.41) is 10.5. The molecule has 5 nitrogen and oxygen atoms in total.